The molecule has 0 radical (unpaired) electrons. The lowest BCUT2D eigenvalue weighted by atomic mass is 10.1. The van der Waals surface area contributed by atoms with Crippen molar-refractivity contribution in [1.82, 2.24) is 9.78 Å². The van der Waals surface area contributed by atoms with Gasteiger partial charge in [0.2, 0.25) is 0 Å². The van der Waals surface area contributed by atoms with Gasteiger partial charge in [-0.1, -0.05) is 30.3 Å². The Morgan fingerprint density at radius 1 is 1.28 bits per heavy atom. The predicted molar refractivity (Wildman–Crippen MR) is 70.8 cm³/mol. The van der Waals surface area contributed by atoms with Crippen LogP contribution in [0.4, 0.5) is 5.82 Å². The number of anilines is 1. The highest BCUT2D eigenvalue weighted by Crippen LogP contribution is 2.26. The number of hydrogen-bond acceptors (Lipinski definition) is 3. The zero-order chi connectivity index (χ0) is 12.5. The van der Waals surface area contributed by atoms with Crippen LogP contribution in [0.1, 0.15) is 18.1 Å². The second kappa shape index (κ2) is 4.29. The molecule has 92 valence electrons. The number of fused-ring (bicyclic) bond motifs is 1. The third kappa shape index (κ3) is 1.70. The number of hydrogen-bond donors (Lipinski definition) is 0. The van der Waals surface area contributed by atoms with E-state index in [1.165, 1.54) is 4.68 Å². The fourth-order valence-corrected chi connectivity index (χ4v) is 2.30. The molecule has 0 fully saturated rings. The second-order valence-electron chi connectivity index (χ2n) is 4.39. The van der Waals surface area contributed by atoms with E-state index in [0.29, 0.717) is 6.42 Å². The van der Waals surface area contributed by atoms with E-state index in [4.69, 9.17) is 0 Å². The molecule has 4 nitrogen and oxygen atoms in total. The van der Waals surface area contributed by atoms with E-state index in [1.54, 1.807) is 0 Å². The average molecular weight is 241 g/mol. The number of nitrogens with zero attached hydrogens (tertiary/aromatic N) is 3. The minimum Gasteiger partial charge on any atom is -0.356 e. The molecular formula is C14H15N3O. The smallest absolute Gasteiger partial charge is 0.250 e. The SMILES string of the molecule is CCN1CCC(=O)n2nc(-c3ccccc3)cc21. The van der Waals surface area contributed by atoms with Gasteiger partial charge in [-0.2, -0.15) is 9.78 Å². The maximum Gasteiger partial charge on any atom is 0.250 e. The molecule has 0 atom stereocenters. The molecule has 1 aliphatic heterocycles. The molecule has 0 bridgehead atoms. The summed E-state index contributed by atoms with van der Waals surface area (Å²) in [5.74, 6) is 0.990. The van der Waals surface area contributed by atoms with Crippen molar-refractivity contribution < 1.29 is 4.79 Å². The maximum atomic E-state index is 11.9. The van der Waals surface area contributed by atoms with Gasteiger partial charge in [0, 0.05) is 31.1 Å². The van der Waals surface area contributed by atoms with E-state index in [0.717, 1.165) is 30.2 Å². The van der Waals surface area contributed by atoms with Gasteiger partial charge in [0.25, 0.3) is 5.91 Å². The Kier molecular flexibility index (Phi) is 2.63. The molecule has 0 N–H and O–H groups in total. The van der Waals surface area contributed by atoms with Gasteiger partial charge >= 0.3 is 0 Å². The highest BCUT2D eigenvalue weighted by atomic mass is 16.2. The van der Waals surface area contributed by atoms with E-state index in [-0.39, 0.29) is 5.91 Å². The van der Waals surface area contributed by atoms with Crippen molar-refractivity contribution in [2.75, 3.05) is 18.0 Å². The first kappa shape index (κ1) is 11.0. The zero-order valence-electron chi connectivity index (χ0n) is 10.3. The van der Waals surface area contributed by atoms with Crippen molar-refractivity contribution in [3.8, 4) is 11.3 Å². The molecule has 2 heterocycles. The summed E-state index contributed by atoms with van der Waals surface area (Å²) in [7, 11) is 0. The Bertz CT molecular complexity index is 574. The zero-order valence-corrected chi connectivity index (χ0v) is 10.3. The van der Waals surface area contributed by atoms with Crippen LogP contribution in [0.5, 0.6) is 0 Å². The molecule has 1 aromatic carbocycles. The summed E-state index contributed by atoms with van der Waals surface area (Å²) in [4.78, 5) is 14.0. The van der Waals surface area contributed by atoms with E-state index < -0.39 is 0 Å². The highest BCUT2D eigenvalue weighted by Gasteiger charge is 2.24. The Balaban J connectivity index is 2.08. The molecule has 1 aliphatic rings. The van der Waals surface area contributed by atoms with Crippen LogP contribution in [0.15, 0.2) is 36.4 Å². The van der Waals surface area contributed by atoms with Crippen molar-refractivity contribution in [3.63, 3.8) is 0 Å². The minimum atomic E-state index is 0.0804. The predicted octanol–water partition coefficient (Wildman–Crippen LogP) is 2.42. The molecule has 2 aromatic rings. The molecule has 18 heavy (non-hydrogen) atoms. The summed E-state index contributed by atoms with van der Waals surface area (Å²) in [5.41, 5.74) is 1.91. The fourth-order valence-electron chi connectivity index (χ4n) is 2.30. The number of rotatable bonds is 2. The number of carbonyl (C=O) groups is 1. The minimum absolute atomic E-state index is 0.0804. The Morgan fingerprint density at radius 3 is 2.78 bits per heavy atom. The van der Waals surface area contributed by atoms with Gasteiger partial charge in [-0.25, -0.2) is 0 Å². The van der Waals surface area contributed by atoms with Crippen LogP contribution in [0.3, 0.4) is 0 Å². The topological polar surface area (TPSA) is 38.1 Å². The lowest BCUT2D eigenvalue weighted by Gasteiger charge is -2.26. The van der Waals surface area contributed by atoms with Crippen LogP contribution in [-0.2, 0) is 0 Å². The molecule has 0 spiro atoms. The summed E-state index contributed by atoms with van der Waals surface area (Å²) in [6, 6.07) is 11.9. The van der Waals surface area contributed by atoms with Gasteiger partial charge in [-0.15, -0.1) is 0 Å². The number of benzene rings is 1. The largest absolute Gasteiger partial charge is 0.356 e. The van der Waals surface area contributed by atoms with E-state index in [9.17, 15) is 4.79 Å². The van der Waals surface area contributed by atoms with Gasteiger partial charge in [-0.3, -0.25) is 4.79 Å². The Labute approximate surface area is 106 Å². The van der Waals surface area contributed by atoms with Crippen LogP contribution in [0, 0.1) is 0 Å². The third-order valence-corrected chi connectivity index (χ3v) is 3.30. The summed E-state index contributed by atoms with van der Waals surface area (Å²) in [6.07, 6.45) is 0.538. The molecule has 0 saturated carbocycles. The number of carbonyl (C=O) groups excluding carboxylic acids is 1. The molecule has 4 heteroatoms. The lowest BCUT2D eigenvalue weighted by Crippen LogP contribution is -2.35. The quantitative estimate of drug-likeness (QED) is 0.810. The third-order valence-electron chi connectivity index (χ3n) is 3.30. The fraction of sp³-hybridized carbons (Fsp3) is 0.286. The van der Waals surface area contributed by atoms with Gasteiger partial charge < -0.3 is 4.90 Å². The first-order chi connectivity index (χ1) is 8.79. The molecular weight excluding hydrogens is 226 g/mol. The molecule has 1 aromatic heterocycles. The van der Waals surface area contributed by atoms with Gasteiger partial charge in [0.1, 0.15) is 5.82 Å². The molecule has 0 unspecified atom stereocenters. The van der Waals surface area contributed by atoms with E-state index in [2.05, 4.69) is 16.9 Å². The van der Waals surface area contributed by atoms with Crippen molar-refractivity contribution >= 4 is 11.7 Å². The van der Waals surface area contributed by atoms with Crippen LogP contribution < -0.4 is 4.90 Å². The van der Waals surface area contributed by atoms with Crippen molar-refractivity contribution in [1.29, 1.82) is 0 Å². The normalized spacial score (nSPS) is 14.7. The average Bonchev–Trinajstić information content (AvgIpc) is 2.86. The maximum absolute atomic E-state index is 11.9. The molecule has 3 rings (SSSR count). The first-order valence-electron chi connectivity index (χ1n) is 6.23. The van der Waals surface area contributed by atoms with Crippen LogP contribution in [0.2, 0.25) is 0 Å². The van der Waals surface area contributed by atoms with Crippen molar-refractivity contribution in [2.45, 2.75) is 13.3 Å². The van der Waals surface area contributed by atoms with Crippen LogP contribution in [0.25, 0.3) is 11.3 Å². The van der Waals surface area contributed by atoms with Crippen LogP contribution >= 0.6 is 0 Å². The Hall–Kier alpha value is -2.10. The van der Waals surface area contributed by atoms with Crippen LogP contribution in [-0.4, -0.2) is 28.8 Å². The summed E-state index contributed by atoms with van der Waals surface area (Å²) < 4.78 is 1.54. The summed E-state index contributed by atoms with van der Waals surface area (Å²) in [5, 5.41) is 4.43. The van der Waals surface area contributed by atoms with Gasteiger partial charge in [0.05, 0.1) is 5.69 Å². The monoisotopic (exact) mass is 241 g/mol. The molecule has 0 aliphatic carbocycles. The second-order valence-corrected chi connectivity index (χ2v) is 4.39. The summed E-state index contributed by atoms with van der Waals surface area (Å²) >= 11 is 0. The standard InChI is InChI=1S/C14H15N3O/c1-2-16-9-8-14(18)17-13(16)10-12(15-17)11-6-4-3-5-7-11/h3-7,10H,2,8-9H2,1H3. The summed E-state index contributed by atoms with van der Waals surface area (Å²) in [6.45, 7) is 3.78. The lowest BCUT2D eigenvalue weighted by molar-refractivity contribution is 0.0881. The highest BCUT2D eigenvalue weighted by molar-refractivity contribution is 5.85. The van der Waals surface area contributed by atoms with Crippen molar-refractivity contribution in [3.05, 3.63) is 36.4 Å². The number of aromatic nitrogens is 2. The first-order valence-corrected chi connectivity index (χ1v) is 6.23. The van der Waals surface area contributed by atoms with E-state index in [1.807, 2.05) is 36.4 Å². The molecule has 0 saturated heterocycles. The van der Waals surface area contributed by atoms with E-state index >= 15 is 0 Å². The molecule has 0 amide bonds. The van der Waals surface area contributed by atoms with Gasteiger partial charge in [0.15, 0.2) is 0 Å². The van der Waals surface area contributed by atoms with Gasteiger partial charge in [-0.05, 0) is 6.92 Å². The van der Waals surface area contributed by atoms with Crippen molar-refractivity contribution in [2.24, 2.45) is 0 Å². The Morgan fingerprint density at radius 2 is 2.06 bits per heavy atom.